The molecule has 2 rings (SSSR count). The van der Waals surface area contributed by atoms with Gasteiger partial charge in [0, 0.05) is 11.0 Å². The lowest BCUT2D eigenvalue weighted by Gasteiger charge is -2.11. The second-order valence-electron chi connectivity index (χ2n) is 4.09. The number of rotatable bonds is 4. The maximum atomic E-state index is 8.34. The quantitative estimate of drug-likeness (QED) is 0.433. The number of hydrogen-bond acceptors (Lipinski definition) is 2. The Balaban J connectivity index is 1.78. The lowest BCUT2D eigenvalue weighted by atomic mass is 10.2. The van der Waals surface area contributed by atoms with E-state index in [1.165, 1.54) is 5.56 Å². The Hall–Kier alpha value is -1.51. The van der Waals surface area contributed by atoms with E-state index in [0.29, 0.717) is 6.61 Å². The first kappa shape index (κ1) is 11.0. The van der Waals surface area contributed by atoms with Crippen molar-refractivity contribution in [3.63, 3.8) is 0 Å². The molecule has 0 unspecified atom stereocenters. The molecule has 0 aromatic heterocycles. The van der Waals surface area contributed by atoms with E-state index in [-0.39, 0.29) is 12.1 Å². The summed E-state index contributed by atoms with van der Waals surface area (Å²) in [6, 6.07) is 10.3. The Morgan fingerprint density at radius 2 is 2.12 bits per heavy atom. The molecule has 0 N–H and O–H groups in total. The first-order valence-electron chi connectivity index (χ1n) is 5.58. The highest BCUT2D eigenvalue weighted by atomic mass is 16.5. The van der Waals surface area contributed by atoms with Crippen LogP contribution in [0.5, 0.6) is 0 Å². The normalized spacial score (nSPS) is 24.0. The van der Waals surface area contributed by atoms with E-state index < -0.39 is 0 Å². The van der Waals surface area contributed by atoms with Gasteiger partial charge in [-0.05, 0) is 30.4 Å². The summed E-state index contributed by atoms with van der Waals surface area (Å²) in [5.41, 5.74) is 9.53. The number of hydrogen-bond donors (Lipinski definition) is 0. The molecule has 1 fully saturated rings. The third-order valence-electron chi connectivity index (χ3n) is 2.90. The van der Waals surface area contributed by atoms with E-state index in [2.05, 4.69) is 22.2 Å². The summed E-state index contributed by atoms with van der Waals surface area (Å²) in [6.45, 7) is 0.647. The van der Waals surface area contributed by atoms with Gasteiger partial charge in [-0.25, -0.2) is 0 Å². The SMILES string of the molecule is [N-]=[N+]=N[C@H]1CC[C@@H](OCc2ccccc2)C1. The first-order valence-corrected chi connectivity index (χ1v) is 5.58. The van der Waals surface area contributed by atoms with Crippen LogP contribution in [0.1, 0.15) is 24.8 Å². The molecule has 4 heteroatoms. The lowest BCUT2D eigenvalue weighted by molar-refractivity contribution is 0.0448. The first-order chi connectivity index (χ1) is 7.88. The lowest BCUT2D eigenvalue weighted by Crippen LogP contribution is -2.09. The molecular formula is C12H15N3O. The molecule has 0 amide bonds. The molecule has 0 radical (unpaired) electrons. The Morgan fingerprint density at radius 3 is 2.88 bits per heavy atom. The summed E-state index contributed by atoms with van der Waals surface area (Å²) in [4.78, 5) is 2.84. The van der Waals surface area contributed by atoms with Gasteiger partial charge in [0.05, 0.1) is 12.7 Å². The molecule has 1 aliphatic rings. The van der Waals surface area contributed by atoms with Gasteiger partial charge < -0.3 is 4.74 Å². The second kappa shape index (κ2) is 5.54. The van der Waals surface area contributed by atoms with Crippen molar-refractivity contribution in [2.75, 3.05) is 0 Å². The summed E-state index contributed by atoms with van der Waals surface area (Å²) in [7, 11) is 0. The van der Waals surface area contributed by atoms with Crippen LogP contribution in [0, 0.1) is 0 Å². The van der Waals surface area contributed by atoms with Gasteiger partial charge in [0.25, 0.3) is 0 Å². The fourth-order valence-corrected chi connectivity index (χ4v) is 2.04. The average molecular weight is 217 g/mol. The Labute approximate surface area is 94.9 Å². The molecule has 84 valence electrons. The minimum Gasteiger partial charge on any atom is -0.374 e. The Morgan fingerprint density at radius 1 is 1.31 bits per heavy atom. The van der Waals surface area contributed by atoms with Crippen LogP contribution in [0.4, 0.5) is 0 Å². The highest BCUT2D eigenvalue weighted by molar-refractivity contribution is 5.13. The minimum atomic E-state index is 0.130. The summed E-state index contributed by atoms with van der Waals surface area (Å²) in [6.07, 6.45) is 3.05. The van der Waals surface area contributed by atoms with Gasteiger partial charge in [-0.2, -0.15) is 0 Å². The zero-order valence-electron chi connectivity index (χ0n) is 9.12. The van der Waals surface area contributed by atoms with E-state index in [9.17, 15) is 0 Å². The number of nitrogens with zero attached hydrogens (tertiary/aromatic N) is 3. The van der Waals surface area contributed by atoms with Gasteiger partial charge in [-0.3, -0.25) is 0 Å². The molecule has 0 spiro atoms. The largest absolute Gasteiger partial charge is 0.374 e. The molecule has 1 saturated carbocycles. The summed E-state index contributed by atoms with van der Waals surface area (Å²) in [5.74, 6) is 0. The predicted octanol–water partition coefficient (Wildman–Crippen LogP) is 3.43. The van der Waals surface area contributed by atoms with Crippen molar-refractivity contribution in [1.29, 1.82) is 0 Å². The van der Waals surface area contributed by atoms with Crippen LogP contribution in [-0.4, -0.2) is 12.1 Å². The van der Waals surface area contributed by atoms with Crippen LogP contribution in [-0.2, 0) is 11.3 Å². The van der Waals surface area contributed by atoms with Gasteiger partial charge in [0.1, 0.15) is 0 Å². The van der Waals surface area contributed by atoms with Gasteiger partial charge in [-0.15, -0.1) is 0 Å². The fourth-order valence-electron chi connectivity index (χ4n) is 2.04. The number of azide groups is 1. The van der Waals surface area contributed by atoms with Gasteiger partial charge in [0.2, 0.25) is 0 Å². The summed E-state index contributed by atoms with van der Waals surface area (Å²) >= 11 is 0. The van der Waals surface area contributed by atoms with Crippen molar-refractivity contribution in [3.05, 3.63) is 46.3 Å². The summed E-state index contributed by atoms with van der Waals surface area (Å²) in [5, 5.41) is 3.73. The maximum absolute atomic E-state index is 8.34. The molecule has 1 aliphatic carbocycles. The minimum absolute atomic E-state index is 0.130. The molecule has 0 saturated heterocycles. The number of benzene rings is 1. The van der Waals surface area contributed by atoms with Crippen LogP contribution in [0.2, 0.25) is 0 Å². The third-order valence-corrected chi connectivity index (χ3v) is 2.90. The topological polar surface area (TPSA) is 58.0 Å². The molecular weight excluding hydrogens is 202 g/mol. The van der Waals surface area contributed by atoms with Crippen LogP contribution in [0.25, 0.3) is 10.4 Å². The predicted molar refractivity (Wildman–Crippen MR) is 61.8 cm³/mol. The average Bonchev–Trinajstić information content (AvgIpc) is 2.76. The van der Waals surface area contributed by atoms with Crippen molar-refractivity contribution in [3.8, 4) is 0 Å². The molecule has 4 nitrogen and oxygen atoms in total. The van der Waals surface area contributed by atoms with Gasteiger partial charge in [-0.1, -0.05) is 35.4 Å². The monoisotopic (exact) mass is 217 g/mol. The Kier molecular flexibility index (Phi) is 3.81. The molecule has 0 bridgehead atoms. The molecule has 1 aromatic carbocycles. The van der Waals surface area contributed by atoms with Crippen molar-refractivity contribution in [1.82, 2.24) is 0 Å². The fraction of sp³-hybridized carbons (Fsp3) is 0.500. The van der Waals surface area contributed by atoms with Crippen LogP contribution in [0.15, 0.2) is 35.4 Å². The molecule has 2 atom stereocenters. The van der Waals surface area contributed by atoms with Gasteiger partial charge >= 0.3 is 0 Å². The summed E-state index contributed by atoms with van der Waals surface area (Å²) < 4.78 is 5.78. The molecule has 16 heavy (non-hydrogen) atoms. The maximum Gasteiger partial charge on any atom is 0.0720 e. The van der Waals surface area contributed by atoms with Crippen molar-refractivity contribution >= 4 is 0 Å². The Bertz CT molecular complexity index is 373. The van der Waals surface area contributed by atoms with Crippen LogP contribution in [0.3, 0.4) is 0 Å². The third kappa shape index (κ3) is 2.99. The standard InChI is InChI=1S/C12H15N3O/c13-15-14-11-6-7-12(8-11)16-9-10-4-2-1-3-5-10/h1-5,11-12H,6-9H2/t11-,12+/m0/s1. The van der Waals surface area contributed by atoms with Crippen molar-refractivity contribution in [2.45, 2.75) is 38.0 Å². The molecule has 0 heterocycles. The highest BCUT2D eigenvalue weighted by Crippen LogP contribution is 2.25. The molecule has 0 aliphatic heterocycles. The van der Waals surface area contributed by atoms with Crippen molar-refractivity contribution in [2.24, 2.45) is 5.11 Å². The van der Waals surface area contributed by atoms with Gasteiger partial charge in [0.15, 0.2) is 0 Å². The zero-order chi connectivity index (χ0) is 11.2. The highest BCUT2D eigenvalue weighted by Gasteiger charge is 2.24. The van der Waals surface area contributed by atoms with Crippen LogP contribution >= 0.6 is 0 Å². The van der Waals surface area contributed by atoms with Crippen molar-refractivity contribution < 1.29 is 4.74 Å². The smallest absolute Gasteiger partial charge is 0.0720 e. The van der Waals surface area contributed by atoms with E-state index >= 15 is 0 Å². The number of ether oxygens (including phenoxy) is 1. The van der Waals surface area contributed by atoms with Crippen LogP contribution < -0.4 is 0 Å². The van der Waals surface area contributed by atoms with E-state index in [4.69, 9.17) is 10.3 Å². The van der Waals surface area contributed by atoms with E-state index in [0.717, 1.165) is 19.3 Å². The second-order valence-corrected chi connectivity index (χ2v) is 4.09. The zero-order valence-corrected chi connectivity index (χ0v) is 9.12. The van der Waals surface area contributed by atoms with E-state index in [1.807, 2.05) is 18.2 Å². The van der Waals surface area contributed by atoms with E-state index in [1.54, 1.807) is 0 Å². The molecule has 1 aromatic rings.